The Balaban J connectivity index is 2.47. The van der Waals surface area contributed by atoms with Crippen molar-refractivity contribution in [3.05, 3.63) is 27.7 Å². The number of aryl methyl sites for hydroxylation is 1. The van der Waals surface area contributed by atoms with E-state index < -0.39 is 0 Å². The van der Waals surface area contributed by atoms with E-state index in [1.54, 1.807) is 36.4 Å². The van der Waals surface area contributed by atoms with E-state index in [-0.39, 0.29) is 11.8 Å². The number of hydrogen-bond donors (Lipinski definition) is 1. The molecule has 0 spiro atoms. The molecule has 0 saturated carbocycles. The highest BCUT2D eigenvalue weighted by Crippen LogP contribution is 2.22. The summed E-state index contributed by atoms with van der Waals surface area (Å²) in [6.07, 6.45) is 1.76. The fourth-order valence-corrected chi connectivity index (χ4v) is 2.34. The Kier molecular flexibility index (Phi) is 3.96. The second-order valence-electron chi connectivity index (χ2n) is 4.33. The van der Waals surface area contributed by atoms with Gasteiger partial charge in [0.15, 0.2) is 5.82 Å². The molecule has 2 aromatic rings. The SMILES string of the molecule is Cc1ccc(/C=C(\C#N)c2nc(N)nc(N(C)C)n2)s1. The highest BCUT2D eigenvalue weighted by molar-refractivity contribution is 7.12. The summed E-state index contributed by atoms with van der Waals surface area (Å²) >= 11 is 1.60. The van der Waals surface area contributed by atoms with E-state index in [1.165, 1.54) is 4.88 Å². The Morgan fingerprint density at radius 2 is 2.10 bits per heavy atom. The highest BCUT2D eigenvalue weighted by Gasteiger charge is 2.11. The van der Waals surface area contributed by atoms with Crippen molar-refractivity contribution < 1.29 is 0 Å². The van der Waals surface area contributed by atoms with Crippen LogP contribution in [0.4, 0.5) is 11.9 Å². The van der Waals surface area contributed by atoms with Crippen molar-refractivity contribution in [3.63, 3.8) is 0 Å². The number of nitriles is 1. The monoisotopic (exact) mass is 286 g/mol. The molecule has 20 heavy (non-hydrogen) atoms. The van der Waals surface area contributed by atoms with Crippen LogP contribution in [0, 0.1) is 18.3 Å². The summed E-state index contributed by atoms with van der Waals surface area (Å²) in [5.41, 5.74) is 6.03. The summed E-state index contributed by atoms with van der Waals surface area (Å²) in [7, 11) is 3.61. The molecule has 0 amide bonds. The van der Waals surface area contributed by atoms with Crippen LogP contribution in [-0.4, -0.2) is 29.0 Å². The molecular weight excluding hydrogens is 272 g/mol. The summed E-state index contributed by atoms with van der Waals surface area (Å²) in [6.45, 7) is 2.01. The number of nitrogens with zero attached hydrogens (tertiary/aromatic N) is 5. The minimum absolute atomic E-state index is 0.0993. The lowest BCUT2D eigenvalue weighted by atomic mass is 10.2. The molecule has 0 aliphatic carbocycles. The van der Waals surface area contributed by atoms with Crippen molar-refractivity contribution in [2.24, 2.45) is 0 Å². The number of nitrogens with two attached hydrogens (primary N) is 1. The maximum atomic E-state index is 9.30. The first kappa shape index (κ1) is 14.0. The Morgan fingerprint density at radius 3 is 2.65 bits per heavy atom. The van der Waals surface area contributed by atoms with Crippen molar-refractivity contribution >= 4 is 34.9 Å². The number of thiophene rings is 1. The van der Waals surface area contributed by atoms with Crippen molar-refractivity contribution in [1.29, 1.82) is 5.26 Å². The summed E-state index contributed by atoms with van der Waals surface area (Å²) < 4.78 is 0. The third kappa shape index (κ3) is 3.10. The number of rotatable bonds is 3. The molecule has 0 bridgehead atoms. The van der Waals surface area contributed by atoms with E-state index in [4.69, 9.17) is 5.73 Å². The van der Waals surface area contributed by atoms with E-state index in [1.807, 2.05) is 19.1 Å². The lowest BCUT2D eigenvalue weighted by molar-refractivity contribution is 0.952. The fraction of sp³-hybridized carbons (Fsp3) is 0.231. The van der Waals surface area contributed by atoms with Gasteiger partial charge in [-0.1, -0.05) is 0 Å². The lowest BCUT2D eigenvalue weighted by Crippen LogP contribution is -2.15. The van der Waals surface area contributed by atoms with Gasteiger partial charge in [-0.05, 0) is 25.1 Å². The van der Waals surface area contributed by atoms with Crippen molar-refractivity contribution in [3.8, 4) is 6.07 Å². The molecule has 6 nitrogen and oxygen atoms in total. The van der Waals surface area contributed by atoms with Gasteiger partial charge in [0.05, 0.1) is 5.57 Å². The van der Waals surface area contributed by atoms with Crippen molar-refractivity contribution in [2.45, 2.75) is 6.92 Å². The average molecular weight is 286 g/mol. The molecule has 2 aromatic heterocycles. The fourth-order valence-electron chi connectivity index (χ4n) is 1.52. The van der Waals surface area contributed by atoms with Crippen LogP contribution in [-0.2, 0) is 0 Å². The molecule has 0 saturated heterocycles. The van der Waals surface area contributed by atoms with Crippen LogP contribution in [0.1, 0.15) is 15.6 Å². The number of allylic oxidation sites excluding steroid dienone is 1. The molecule has 0 aromatic carbocycles. The van der Waals surface area contributed by atoms with Gasteiger partial charge >= 0.3 is 0 Å². The van der Waals surface area contributed by atoms with E-state index in [2.05, 4.69) is 21.0 Å². The van der Waals surface area contributed by atoms with Crippen LogP contribution in [0.15, 0.2) is 12.1 Å². The van der Waals surface area contributed by atoms with Crippen molar-refractivity contribution in [1.82, 2.24) is 15.0 Å². The van der Waals surface area contributed by atoms with Gasteiger partial charge in [0.25, 0.3) is 0 Å². The number of nitrogen functional groups attached to an aromatic ring is 1. The van der Waals surface area contributed by atoms with Gasteiger partial charge in [0, 0.05) is 23.8 Å². The van der Waals surface area contributed by atoms with Gasteiger partial charge in [-0.2, -0.15) is 20.2 Å². The molecule has 2 rings (SSSR count). The zero-order valence-electron chi connectivity index (χ0n) is 11.5. The van der Waals surface area contributed by atoms with Crippen LogP contribution in [0.3, 0.4) is 0 Å². The predicted molar refractivity (Wildman–Crippen MR) is 81.1 cm³/mol. The summed E-state index contributed by atoms with van der Waals surface area (Å²) in [6, 6.07) is 6.06. The van der Waals surface area contributed by atoms with Gasteiger partial charge in [-0.25, -0.2) is 0 Å². The first-order valence-corrected chi connectivity index (χ1v) is 6.68. The van der Waals surface area contributed by atoms with Crippen LogP contribution < -0.4 is 10.6 Å². The molecule has 0 fully saturated rings. The van der Waals surface area contributed by atoms with Crippen LogP contribution in [0.2, 0.25) is 0 Å². The van der Waals surface area contributed by atoms with Gasteiger partial charge in [-0.15, -0.1) is 11.3 Å². The zero-order valence-corrected chi connectivity index (χ0v) is 12.3. The minimum atomic E-state index is 0.0993. The third-order valence-corrected chi connectivity index (χ3v) is 3.40. The molecule has 0 aliphatic heterocycles. The molecule has 7 heteroatoms. The molecule has 0 unspecified atom stereocenters. The first-order chi connectivity index (χ1) is 9.49. The van der Waals surface area contributed by atoms with Gasteiger partial charge in [0.1, 0.15) is 6.07 Å². The van der Waals surface area contributed by atoms with E-state index in [0.29, 0.717) is 11.5 Å². The number of hydrogen-bond acceptors (Lipinski definition) is 7. The molecule has 0 radical (unpaired) electrons. The Morgan fingerprint density at radius 1 is 1.35 bits per heavy atom. The maximum Gasteiger partial charge on any atom is 0.230 e. The lowest BCUT2D eigenvalue weighted by Gasteiger charge is -2.10. The summed E-state index contributed by atoms with van der Waals surface area (Å²) in [4.78, 5) is 16.2. The predicted octanol–water partition coefficient (Wildman–Crippen LogP) is 1.95. The number of aromatic nitrogens is 3. The van der Waals surface area contributed by atoms with Crippen LogP contribution >= 0.6 is 11.3 Å². The first-order valence-electron chi connectivity index (χ1n) is 5.87. The second-order valence-corrected chi connectivity index (χ2v) is 5.65. The van der Waals surface area contributed by atoms with Crippen LogP contribution in [0.5, 0.6) is 0 Å². The van der Waals surface area contributed by atoms with Gasteiger partial charge in [0.2, 0.25) is 11.9 Å². The largest absolute Gasteiger partial charge is 0.368 e. The molecule has 0 atom stereocenters. The second kappa shape index (κ2) is 5.67. The van der Waals surface area contributed by atoms with Crippen LogP contribution in [0.25, 0.3) is 11.6 Å². The third-order valence-electron chi connectivity index (χ3n) is 2.45. The summed E-state index contributed by atoms with van der Waals surface area (Å²) in [5, 5.41) is 9.30. The molecule has 0 aliphatic rings. The Bertz CT molecular complexity index is 695. The Hall–Kier alpha value is -2.46. The highest BCUT2D eigenvalue weighted by atomic mass is 32.1. The quantitative estimate of drug-likeness (QED) is 0.867. The normalized spacial score (nSPS) is 11.2. The molecular formula is C13H14N6S. The van der Waals surface area contributed by atoms with E-state index in [0.717, 1.165) is 4.88 Å². The molecule has 102 valence electrons. The van der Waals surface area contributed by atoms with E-state index >= 15 is 0 Å². The standard InChI is InChI=1S/C13H14N6S/c1-8-4-5-10(20-8)6-9(7-14)11-16-12(15)18-13(17-11)19(2)3/h4-6H,1-3H3,(H2,15,16,17,18)/b9-6+. The zero-order chi connectivity index (χ0) is 14.7. The summed E-state index contributed by atoms with van der Waals surface area (Å²) in [5.74, 6) is 0.813. The average Bonchev–Trinajstić information content (AvgIpc) is 2.80. The molecule has 2 N–H and O–H groups in total. The van der Waals surface area contributed by atoms with E-state index in [9.17, 15) is 5.26 Å². The van der Waals surface area contributed by atoms with Gasteiger partial charge < -0.3 is 10.6 Å². The Labute approximate surface area is 121 Å². The maximum absolute atomic E-state index is 9.30. The minimum Gasteiger partial charge on any atom is -0.368 e. The topological polar surface area (TPSA) is 91.7 Å². The van der Waals surface area contributed by atoms with Crippen molar-refractivity contribution in [2.75, 3.05) is 24.7 Å². The number of anilines is 2. The smallest absolute Gasteiger partial charge is 0.230 e. The van der Waals surface area contributed by atoms with Gasteiger partial charge in [-0.3, -0.25) is 0 Å². The molecule has 2 heterocycles.